The van der Waals surface area contributed by atoms with Crippen molar-refractivity contribution >= 4 is 5.97 Å². The number of aliphatic carboxylic acids is 1. The van der Waals surface area contributed by atoms with Crippen LogP contribution in [0.4, 0.5) is 0 Å². The minimum atomic E-state index is -0.833. The smallest absolute Gasteiger partial charge is 0.300 e. The van der Waals surface area contributed by atoms with Crippen molar-refractivity contribution in [1.29, 1.82) is 0 Å². The molecule has 0 saturated heterocycles. The van der Waals surface area contributed by atoms with Gasteiger partial charge in [-0.15, -0.1) is 0 Å². The van der Waals surface area contributed by atoms with Crippen LogP contribution in [0.5, 0.6) is 11.5 Å². The quantitative estimate of drug-likeness (QED) is 0.219. The first kappa shape index (κ1) is 29.8. The minimum Gasteiger partial charge on any atom is -0.508 e. The van der Waals surface area contributed by atoms with Gasteiger partial charge in [0.15, 0.2) is 0 Å². The molecule has 0 aliphatic rings. The van der Waals surface area contributed by atoms with Crippen LogP contribution in [-0.4, -0.2) is 52.2 Å². The summed E-state index contributed by atoms with van der Waals surface area (Å²) in [6.07, 6.45) is 0.0863. The number of phenols is 1. The molecule has 0 aromatic heterocycles. The monoisotopic (exact) mass is 511 g/mol. The second-order valence-corrected chi connectivity index (χ2v) is 8.63. The summed E-state index contributed by atoms with van der Waals surface area (Å²) in [6.45, 7) is 4.87. The van der Waals surface area contributed by atoms with Crippen molar-refractivity contribution in [1.82, 2.24) is 5.32 Å². The van der Waals surface area contributed by atoms with Crippen molar-refractivity contribution < 1.29 is 34.7 Å². The summed E-state index contributed by atoms with van der Waals surface area (Å²) >= 11 is 0. The first-order chi connectivity index (χ1) is 17.8. The van der Waals surface area contributed by atoms with Gasteiger partial charge in [-0.3, -0.25) is 4.79 Å². The van der Waals surface area contributed by atoms with Crippen LogP contribution in [-0.2, 0) is 29.2 Å². The molecular formula is C29H37NO7. The molecule has 3 aromatic rings. The number of aliphatic hydroxyl groups is 2. The lowest BCUT2D eigenvalue weighted by Crippen LogP contribution is -2.32. The van der Waals surface area contributed by atoms with E-state index in [0.717, 1.165) is 24.7 Å². The lowest BCUT2D eigenvalue weighted by atomic mass is 10.0. The number of rotatable bonds is 13. The summed E-state index contributed by atoms with van der Waals surface area (Å²) in [5, 5.41) is 40.1. The van der Waals surface area contributed by atoms with Crippen LogP contribution in [0.15, 0.2) is 72.8 Å². The van der Waals surface area contributed by atoms with E-state index in [1.807, 2.05) is 54.6 Å². The van der Waals surface area contributed by atoms with Gasteiger partial charge in [-0.2, -0.15) is 0 Å². The maximum atomic E-state index is 10.4. The Balaban J connectivity index is 0.00000112. The molecule has 3 aromatic carbocycles. The molecule has 200 valence electrons. The molecule has 0 fully saturated rings. The first-order valence-corrected chi connectivity index (χ1v) is 12.2. The van der Waals surface area contributed by atoms with Gasteiger partial charge >= 0.3 is 0 Å². The Morgan fingerprint density at radius 3 is 2.30 bits per heavy atom. The number of carbonyl (C=O) groups is 1. The Kier molecular flexibility index (Phi) is 13.2. The van der Waals surface area contributed by atoms with Crippen LogP contribution in [0.2, 0.25) is 0 Å². The largest absolute Gasteiger partial charge is 0.508 e. The van der Waals surface area contributed by atoms with Crippen LogP contribution in [0, 0.1) is 0 Å². The molecule has 37 heavy (non-hydrogen) atoms. The second kappa shape index (κ2) is 16.3. The average molecular weight is 512 g/mol. The first-order valence-electron chi connectivity index (χ1n) is 12.2. The van der Waals surface area contributed by atoms with Crippen molar-refractivity contribution in [2.75, 3.05) is 19.8 Å². The van der Waals surface area contributed by atoms with Crippen molar-refractivity contribution in [3.63, 3.8) is 0 Å². The maximum absolute atomic E-state index is 10.4. The average Bonchev–Trinajstić information content (AvgIpc) is 2.88. The fraction of sp³-hybridized carbons (Fsp3) is 0.345. The van der Waals surface area contributed by atoms with Gasteiger partial charge in [0.25, 0.3) is 5.97 Å². The molecule has 0 aliphatic heterocycles. The Morgan fingerprint density at radius 2 is 1.65 bits per heavy atom. The molecule has 0 bridgehead atoms. The number of carboxylic acids is 1. The standard InChI is InChI=1S/C27H33NO5.C2H4O2/c1-20(28-17-27(31)23-9-12-26(30)24(16-23)18-29)15-21-7-10-25(11-8-21)33-14-13-32-19-22-5-3-2-4-6-22;1-2(3)4/h2-12,16,20,27-31H,13-15,17-19H2,1H3;1H3,(H,3,4)/t20-,27+;/m1./s1. The van der Waals surface area contributed by atoms with Crippen LogP contribution in [0.1, 0.15) is 42.2 Å². The van der Waals surface area contributed by atoms with E-state index in [4.69, 9.17) is 19.4 Å². The number of aromatic hydroxyl groups is 1. The van der Waals surface area contributed by atoms with E-state index in [2.05, 4.69) is 12.2 Å². The fourth-order valence-electron chi connectivity index (χ4n) is 3.50. The highest BCUT2D eigenvalue weighted by molar-refractivity contribution is 5.62. The highest BCUT2D eigenvalue weighted by atomic mass is 16.5. The SMILES string of the molecule is CC(=O)O.C[C@H](Cc1ccc(OCCOCc2ccccc2)cc1)NC[C@H](O)c1ccc(O)c(CO)c1. The van der Waals surface area contributed by atoms with Crippen LogP contribution >= 0.6 is 0 Å². The Labute approximate surface area is 218 Å². The van der Waals surface area contributed by atoms with E-state index in [-0.39, 0.29) is 18.4 Å². The van der Waals surface area contributed by atoms with E-state index >= 15 is 0 Å². The van der Waals surface area contributed by atoms with Crippen LogP contribution in [0.25, 0.3) is 0 Å². The summed E-state index contributed by atoms with van der Waals surface area (Å²) in [5.41, 5.74) is 3.38. The van der Waals surface area contributed by atoms with Gasteiger partial charge in [-0.05, 0) is 54.3 Å². The van der Waals surface area contributed by atoms with Gasteiger partial charge in [0.1, 0.15) is 18.1 Å². The van der Waals surface area contributed by atoms with Crippen LogP contribution < -0.4 is 10.1 Å². The Hall–Kier alpha value is -3.43. The van der Waals surface area contributed by atoms with E-state index < -0.39 is 12.1 Å². The van der Waals surface area contributed by atoms with E-state index in [9.17, 15) is 15.3 Å². The van der Waals surface area contributed by atoms with Gasteiger partial charge in [0.05, 0.1) is 25.9 Å². The zero-order valence-corrected chi connectivity index (χ0v) is 21.3. The summed E-state index contributed by atoms with van der Waals surface area (Å²) in [7, 11) is 0. The molecule has 0 saturated carbocycles. The molecule has 3 rings (SSSR count). The number of nitrogens with one attached hydrogen (secondary N) is 1. The molecule has 2 atom stereocenters. The highest BCUT2D eigenvalue weighted by Gasteiger charge is 2.12. The zero-order valence-electron chi connectivity index (χ0n) is 21.3. The molecular weight excluding hydrogens is 474 g/mol. The normalized spacial score (nSPS) is 12.2. The Morgan fingerprint density at radius 1 is 0.973 bits per heavy atom. The molecule has 0 spiro atoms. The van der Waals surface area contributed by atoms with Gasteiger partial charge in [-0.25, -0.2) is 0 Å². The Bertz CT molecular complexity index is 1050. The van der Waals surface area contributed by atoms with E-state index in [1.54, 1.807) is 12.1 Å². The zero-order chi connectivity index (χ0) is 27.0. The van der Waals surface area contributed by atoms with Gasteiger partial charge < -0.3 is 35.2 Å². The van der Waals surface area contributed by atoms with Gasteiger partial charge in [0, 0.05) is 25.1 Å². The predicted molar refractivity (Wildman–Crippen MR) is 142 cm³/mol. The molecule has 0 aliphatic carbocycles. The minimum absolute atomic E-state index is 0.0295. The molecule has 0 radical (unpaired) electrons. The van der Waals surface area contributed by atoms with Crippen LogP contribution in [0.3, 0.4) is 0 Å². The van der Waals surface area contributed by atoms with Crippen molar-refractivity contribution in [3.8, 4) is 11.5 Å². The van der Waals surface area contributed by atoms with E-state index in [1.165, 1.54) is 11.6 Å². The number of carboxylic acid groups (broad SMARTS) is 1. The van der Waals surface area contributed by atoms with Crippen molar-refractivity contribution in [3.05, 3.63) is 95.1 Å². The lowest BCUT2D eigenvalue weighted by Gasteiger charge is -2.18. The third-order valence-corrected chi connectivity index (χ3v) is 5.39. The van der Waals surface area contributed by atoms with Crippen molar-refractivity contribution in [2.24, 2.45) is 0 Å². The summed E-state index contributed by atoms with van der Waals surface area (Å²) < 4.78 is 11.4. The van der Waals surface area contributed by atoms with Gasteiger partial charge in [0.2, 0.25) is 0 Å². The number of ether oxygens (including phenoxy) is 2. The van der Waals surface area contributed by atoms with Gasteiger partial charge in [-0.1, -0.05) is 48.5 Å². The van der Waals surface area contributed by atoms with Crippen molar-refractivity contribution in [2.45, 2.75) is 45.6 Å². The highest BCUT2D eigenvalue weighted by Crippen LogP contribution is 2.22. The molecule has 8 heteroatoms. The number of hydrogen-bond acceptors (Lipinski definition) is 7. The second-order valence-electron chi connectivity index (χ2n) is 8.63. The summed E-state index contributed by atoms with van der Waals surface area (Å²) in [5.74, 6) is 0.00651. The lowest BCUT2D eigenvalue weighted by molar-refractivity contribution is -0.134. The molecule has 8 nitrogen and oxygen atoms in total. The topological polar surface area (TPSA) is 128 Å². The molecule has 0 heterocycles. The number of hydrogen-bond donors (Lipinski definition) is 5. The van der Waals surface area contributed by atoms with E-state index in [0.29, 0.717) is 37.5 Å². The summed E-state index contributed by atoms with van der Waals surface area (Å²) in [4.78, 5) is 9.00. The molecule has 0 amide bonds. The third-order valence-electron chi connectivity index (χ3n) is 5.39. The molecule has 5 N–H and O–H groups in total. The predicted octanol–water partition coefficient (Wildman–Crippen LogP) is 3.83. The number of aliphatic hydroxyl groups excluding tert-OH is 2. The fourth-order valence-corrected chi connectivity index (χ4v) is 3.50. The molecule has 0 unspecified atom stereocenters. The number of benzene rings is 3. The maximum Gasteiger partial charge on any atom is 0.300 e. The summed E-state index contributed by atoms with van der Waals surface area (Å²) in [6, 6.07) is 23.0. The third kappa shape index (κ3) is 11.9.